The van der Waals surface area contributed by atoms with Crippen LogP contribution in [0.3, 0.4) is 0 Å². The molecular weight excluding hydrogens is 430 g/mol. The van der Waals surface area contributed by atoms with E-state index in [2.05, 4.69) is 12.2 Å². The highest BCUT2D eigenvalue weighted by Crippen LogP contribution is 2.46. The maximum atomic E-state index is 13.3. The lowest BCUT2D eigenvalue weighted by molar-refractivity contribution is -0.116. The molecule has 0 spiro atoms. The number of hydrogen-bond donors (Lipinski definition) is 1. The Balaban J connectivity index is 1.71. The second kappa shape index (κ2) is 8.85. The number of ether oxygens (including phenoxy) is 1. The van der Waals surface area contributed by atoms with Crippen LogP contribution in [0.4, 0.5) is 5.69 Å². The summed E-state index contributed by atoms with van der Waals surface area (Å²) in [4.78, 5) is 13.8. The number of carbonyl (C=O) groups is 1. The summed E-state index contributed by atoms with van der Waals surface area (Å²) in [6, 6.07) is 14.5. The summed E-state index contributed by atoms with van der Waals surface area (Å²) >= 11 is 1.37. The number of sulfone groups is 1. The van der Waals surface area contributed by atoms with E-state index in [9.17, 15) is 13.2 Å². The van der Waals surface area contributed by atoms with E-state index in [0.29, 0.717) is 12.3 Å². The van der Waals surface area contributed by atoms with E-state index in [1.165, 1.54) is 11.3 Å². The maximum Gasteiger partial charge on any atom is 0.225 e. The van der Waals surface area contributed by atoms with Gasteiger partial charge in [0.05, 0.1) is 17.2 Å². The second-order valence-corrected chi connectivity index (χ2v) is 10.6. The Morgan fingerprint density at radius 2 is 1.94 bits per heavy atom. The van der Waals surface area contributed by atoms with E-state index in [1.807, 2.05) is 31.2 Å². The fourth-order valence-electron chi connectivity index (χ4n) is 3.67. The SMILES string of the molecule is CCCCOc1cccc(C2CC(=O)Nc3c(S(=O)(=O)c4ccc(C)cc4)csc32)c1. The van der Waals surface area contributed by atoms with Gasteiger partial charge in [-0.05, 0) is 43.2 Å². The number of anilines is 1. The molecule has 0 saturated carbocycles. The third-order valence-corrected chi connectivity index (χ3v) is 8.44. The first kappa shape index (κ1) is 21.6. The molecule has 5 nitrogen and oxygen atoms in total. The molecule has 1 aliphatic rings. The number of nitrogens with one attached hydrogen (secondary N) is 1. The molecule has 0 bridgehead atoms. The molecule has 7 heteroatoms. The molecule has 1 N–H and O–H groups in total. The first-order valence-electron chi connectivity index (χ1n) is 10.4. The minimum absolute atomic E-state index is 0.157. The van der Waals surface area contributed by atoms with E-state index in [0.717, 1.165) is 34.6 Å². The molecule has 4 rings (SSSR count). The quantitative estimate of drug-likeness (QED) is 0.475. The van der Waals surface area contributed by atoms with Gasteiger partial charge in [-0.25, -0.2) is 8.42 Å². The number of benzene rings is 2. The zero-order valence-corrected chi connectivity index (χ0v) is 19.2. The van der Waals surface area contributed by atoms with Crippen LogP contribution in [0.5, 0.6) is 5.75 Å². The summed E-state index contributed by atoms with van der Waals surface area (Å²) in [5.41, 5.74) is 2.34. The predicted molar refractivity (Wildman–Crippen MR) is 123 cm³/mol. The van der Waals surface area contributed by atoms with Gasteiger partial charge in [0.2, 0.25) is 15.7 Å². The molecule has 31 heavy (non-hydrogen) atoms. The Morgan fingerprint density at radius 3 is 2.68 bits per heavy atom. The third kappa shape index (κ3) is 4.38. The molecule has 1 aliphatic heterocycles. The Hall–Kier alpha value is -2.64. The standard InChI is InChI=1S/C24H25NO4S2/c1-3-4-12-29-18-7-5-6-17(13-18)20-14-22(26)25-23-21(15-30-24(20)23)31(27,28)19-10-8-16(2)9-11-19/h5-11,13,15,20H,3-4,12,14H2,1-2H3,(H,25,26). The maximum absolute atomic E-state index is 13.3. The first-order valence-corrected chi connectivity index (χ1v) is 12.7. The van der Waals surface area contributed by atoms with Crippen molar-refractivity contribution >= 4 is 32.8 Å². The number of amides is 1. The Bertz CT molecular complexity index is 1200. The Kier molecular flexibility index (Phi) is 6.16. The van der Waals surface area contributed by atoms with Gasteiger partial charge in [0.1, 0.15) is 10.6 Å². The van der Waals surface area contributed by atoms with Crippen LogP contribution in [0, 0.1) is 6.92 Å². The van der Waals surface area contributed by atoms with E-state index in [1.54, 1.807) is 29.6 Å². The molecule has 3 aromatic rings. The van der Waals surface area contributed by atoms with Gasteiger partial charge in [0.15, 0.2) is 0 Å². The molecule has 2 heterocycles. The van der Waals surface area contributed by atoms with Crippen molar-refractivity contribution in [2.75, 3.05) is 11.9 Å². The van der Waals surface area contributed by atoms with Crippen LogP contribution < -0.4 is 10.1 Å². The zero-order chi connectivity index (χ0) is 22.0. The number of carbonyl (C=O) groups excluding carboxylic acids is 1. The average Bonchev–Trinajstić information content (AvgIpc) is 3.18. The average molecular weight is 456 g/mol. The normalized spacial score (nSPS) is 15.9. The van der Waals surface area contributed by atoms with Crippen molar-refractivity contribution in [3.05, 3.63) is 69.9 Å². The van der Waals surface area contributed by atoms with Crippen LogP contribution in [-0.2, 0) is 14.6 Å². The predicted octanol–water partition coefficient (Wildman–Crippen LogP) is 5.54. The highest BCUT2D eigenvalue weighted by atomic mass is 32.2. The number of rotatable bonds is 7. The second-order valence-electron chi connectivity index (χ2n) is 7.74. The topological polar surface area (TPSA) is 72.5 Å². The van der Waals surface area contributed by atoms with E-state index in [4.69, 9.17) is 4.74 Å². The molecule has 0 saturated heterocycles. The monoisotopic (exact) mass is 455 g/mol. The van der Waals surface area contributed by atoms with E-state index in [-0.39, 0.29) is 28.0 Å². The number of aryl methyl sites for hydroxylation is 1. The van der Waals surface area contributed by atoms with Gasteiger partial charge in [-0.2, -0.15) is 0 Å². The zero-order valence-electron chi connectivity index (χ0n) is 17.6. The van der Waals surface area contributed by atoms with Crippen molar-refractivity contribution in [2.45, 2.75) is 48.8 Å². The van der Waals surface area contributed by atoms with Crippen molar-refractivity contribution in [3.63, 3.8) is 0 Å². The molecule has 162 valence electrons. The largest absolute Gasteiger partial charge is 0.494 e. The number of fused-ring (bicyclic) bond motifs is 1. The first-order chi connectivity index (χ1) is 14.9. The summed E-state index contributed by atoms with van der Waals surface area (Å²) in [5.74, 6) is 0.376. The summed E-state index contributed by atoms with van der Waals surface area (Å²) in [6.07, 6.45) is 2.31. The molecule has 2 aromatic carbocycles. The molecular formula is C24H25NO4S2. The molecule has 1 unspecified atom stereocenters. The van der Waals surface area contributed by atoms with Gasteiger partial charge in [0.25, 0.3) is 0 Å². The van der Waals surface area contributed by atoms with Crippen LogP contribution in [-0.4, -0.2) is 20.9 Å². The fraction of sp³-hybridized carbons (Fsp3) is 0.292. The van der Waals surface area contributed by atoms with Gasteiger partial charge in [0, 0.05) is 22.6 Å². The van der Waals surface area contributed by atoms with Gasteiger partial charge in [-0.15, -0.1) is 11.3 Å². The minimum Gasteiger partial charge on any atom is -0.494 e. The van der Waals surface area contributed by atoms with Gasteiger partial charge >= 0.3 is 0 Å². The molecule has 0 fully saturated rings. The Morgan fingerprint density at radius 1 is 1.16 bits per heavy atom. The van der Waals surface area contributed by atoms with Crippen molar-refractivity contribution in [3.8, 4) is 5.75 Å². The summed E-state index contributed by atoms with van der Waals surface area (Å²) in [6.45, 7) is 4.67. The van der Waals surface area contributed by atoms with Crippen molar-refractivity contribution in [2.24, 2.45) is 0 Å². The highest BCUT2D eigenvalue weighted by Gasteiger charge is 2.34. The van der Waals surface area contributed by atoms with E-state index >= 15 is 0 Å². The van der Waals surface area contributed by atoms with Crippen molar-refractivity contribution in [1.29, 1.82) is 0 Å². The lowest BCUT2D eigenvalue weighted by atomic mass is 9.90. The smallest absolute Gasteiger partial charge is 0.225 e. The van der Waals surface area contributed by atoms with Crippen LogP contribution >= 0.6 is 11.3 Å². The Labute approximate surface area is 187 Å². The lowest BCUT2D eigenvalue weighted by Crippen LogP contribution is -2.23. The van der Waals surface area contributed by atoms with Gasteiger partial charge in [-0.3, -0.25) is 4.79 Å². The molecule has 0 radical (unpaired) electrons. The summed E-state index contributed by atoms with van der Waals surface area (Å²) < 4.78 is 32.4. The number of hydrogen-bond acceptors (Lipinski definition) is 5. The third-order valence-electron chi connectivity index (χ3n) is 5.40. The number of thiophene rings is 1. The molecule has 1 amide bonds. The molecule has 1 aromatic heterocycles. The van der Waals surface area contributed by atoms with Crippen LogP contribution in [0.1, 0.15) is 48.1 Å². The highest BCUT2D eigenvalue weighted by molar-refractivity contribution is 7.91. The van der Waals surface area contributed by atoms with Crippen LogP contribution in [0.15, 0.2) is 63.7 Å². The van der Waals surface area contributed by atoms with Crippen LogP contribution in [0.2, 0.25) is 0 Å². The van der Waals surface area contributed by atoms with Crippen molar-refractivity contribution < 1.29 is 17.9 Å². The van der Waals surface area contributed by atoms with Crippen LogP contribution in [0.25, 0.3) is 0 Å². The van der Waals surface area contributed by atoms with Crippen molar-refractivity contribution in [1.82, 2.24) is 0 Å². The van der Waals surface area contributed by atoms with Gasteiger partial charge in [-0.1, -0.05) is 43.2 Å². The molecule has 1 atom stereocenters. The van der Waals surface area contributed by atoms with E-state index < -0.39 is 9.84 Å². The lowest BCUT2D eigenvalue weighted by Gasteiger charge is -2.24. The fourth-order valence-corrected chi connectivity index (χ4v) is 6.58. The summed E-state index contributed by atoms with van der Waals surface area (Å²) in [7, 11) is -3.74. The number of unbranched alkanes of at least 4 members (excludes halogenated alkanes) is 1. The minimum atomic E-state index is -3.74. The summed E-state index contributed by atoms with van der Waals surface area (Å²) in [5, 5.41) is 4.45. The molecule has 0 aliphatic carbocycles. The van der Waals surface area contributed by atoms with Gasteiger partial charge < -0.3 is 10.1 Å².